The van der Waals surface area contributed by atoms with Gasteiger partial charge in [0.1, 0.15) is 0 Å². The van der Waals surface area contributed by atoms with Crippen LogP contribution in [0.3, 0.4) is 0 Å². The number of piperidine rings is 1. The van der Waals surface area contributed by atoms with Crippen LogP contribution in [-0.2, 0) is 0 Å². The molecule has 2 saturated heterocycles. The van der Waals surface area contributed by atoms with Gasteiger partial charge in [-0.05, 0) is 56.2 Å². The number of hydrogen-bond acceptors (Lipinski definition) is 6. The molecule has 0 aromatic carbocycles. The Balaban J connectivity index is 1.24. The second kappa shape index (κ2) is 7.66. The first-order chi connectivity index (χ1) is 12.3. The largest absolute Gasteiger partial charge is 0.461 e. The lowest BCUT2D eigenvalue weighted by atomic mass is 9.95. The first-order valence-corrected chi connectivity index (χ1v) is 10.1. The number of rotatable bonds is 5. The highest BCUT2D eigenvalue weighted by atomic mass is 32.2. The van der Waals surface area contributed by atoms with Crippen LogP contribution in [0.15, 0.2) is 33.4 Å². The Labute approximate surface area is 151 Å². The first kappa shape index (κ1) is 16.7. The minimum atomic E-state index is -0.184. The Kier molecular flexibility index (Phi) is 5.12. The van der Waals surface area contributed by atoms with E-state index in [2.05, 4.69) is 27.1 Å². The van der Waals surface area contributed by atoms with E-state index in [1.807, 2.05) is 0 Å². The smallest absolute Gasteiger partial charge is 0.273 e. The fourth-order valence-electron chi connectivity index (χ4n) is 3.58. The van der Waals surface area contributed by atoms with Gasteiger partial charge in [0.25, 0.3) is 5.91 Å². The van der Waals surface area contributed by atoms with Crippen LogP contribution < -0.4 is 5.32 Å². The van der Waals surface area contributed by atoms with Crippen LogP contribution in [0.2, 0.25) is 0 Å². The summed E-state index contributed by atoms with van der Waals surface area (Å²) in [6, 6.07) is 5.94. The standard InChI is InChI=1S/C18H23N3O3S/c22-18(15-10-17(24-20-15)16-2-1-8-23-16)19-11-13-3-6-21(7-4-13)14-5-9-25-12-14/h1-2,8,10,13-14H,3-7,9,11-12H2,(H,19,22). The molecule has 2 aromatic heterocycles. The molecule has 4 heterocycles. The molecule has 0 aliphatic carbocycles. The summed E-state index contributed by atoms with van der Waals surface area (Å²) in [5, 5.41) is 6.84. The number of amides is 1. The maximum absolute atomic E-state index is 12.3. The van der Waals surface area contributed by atoms with Gasteiger partial charge in [-0.2, -0.15) is 11.8 Å². The molecule has 2 fully saturated rings. The van der Waals surface area contributed by atoms with Gasteiger partial charge >= 0.3 is 0 Å². The van der Waals surface area contributed by atoms with Crippen LogP contribution in [0.4, 0.5) is 0 Å². The van der Waals surface area contributed by atoms with Gasteiger partial charge in [-0.15, -0.1) is 0 Å². The maximum atomic E-state index is 12.3. The van der Waals surface area contributed by atoms with Gasteiger partial charge in [0, 0.05) is 24.4 Å². The normalized spacial score (nSPS) is 22.3. The topological polar surface area (TPSA) is 71.5 Å². The predicted octanol–water partition coefficient (Wildman–Crippen LogP) is 2.88. The number of hydrogen-bond donors (Lipinski definition) is 1. The van der Waals surface area contributed by atoms with Crippen LogP contribution in [0.25, 0.3) is 11.5 Å². The Morgan fingerprint density at radius 1 is 1.32 bits per heavy atom. The van der Waals surface area contributed by atoms with Crippen LogP contribution in [0.1, 0.15) is 29.8 Å². The van der Waals surface area contributed by atoms with E-state index in [4.69, 9.17) is 8.94 Å². The van der Waals surface area contributed by atoms with Crippen molar-refractivity contribution in [3.63, 3.8) is 0 Å². The fraction of sp³-hybridized carbons (Fsp3) is 0.556. The summed E-state index contributed by atoms with van der Waals surface area (Å²) in [5.41, 5.74) is 0.298. The number of thioether (sulfide) groups is 1. The highest BCUT2D eigenvalue weighted by Gasteiger charge is 2.27. The zero-order chi connectivity index (χ0) is 17.1. The average molecular weight is 361 g/mol. The number of nitrogens with zero attached hydrogens (tertiary/aromatic N) is 2. The molecule has 0 radical (unpaired) electrons. The number of carbonyl (C=O) groups is 1. The lowest BCUT2D eigenvalue weighted by Gasteiger charge is -2.35. The molecule has 2 aromatic rings. The summed E-state index contributed by atoms with van der Waals surface area (Å²) in [6.07, 6.45) is 5.19. The average Bonchev–Trinajstić information content (AvgIpc) is 3.42. The molecule has 0 spiro atoms. The van der Waals surface area contributed by atoms with Crippen LogP contribution >= 0.6 is 11.8 Å². The van der Waals surface area contributed by atoms with Crippen molar-refractivity contribution in [1.29, 1.82) is 0 Å². The number of likely N-dealkylation sites (tertiary alicyclic amines) is 1. The lowest BCUT2D eigenvalue weighted by Crippen LogP contribution is -2.43. The molecule has 1 N–H and O–H groups in total. The Morgan fingerprint density at radius 3 is 2.92 bits per heavy atom. The van der Waals surface area contributed by atoms with Crippen LogP contribution in [0, 0.1) is 5.92 Å². The van der Waals surface area contributed by atoms with Gasteiger partial charge in [-0.3, -0.25) is 9.69 Å². The summed E-state index contributed by atoms with van der Waals surface area (Å²) < 4.78 is 10.4. The second-order valence-corrected chi connectivity index (χ2v) is 7.91. The SMILES string of the molecule is O=C(NCC1CCN(C2CCSC2)CC1)c1cc(-c2ccco2)on1. The number of furan rings is 1. The lowest BCUT2D eigenvalue weighted by molar-refractivity contribution is 0.0919. The molecule has 25 heavy (non-hydrogen) atoms. The van der Waals surface area contributed by atoms with Crippen molar-refractivity contribution in [3.05, 3.63) is 30.2 Å². The molecule has 7 heteroatoms. The van der Waals surface area contributed by atoms with Crippen LogP contribution in [-0.4, -0.2) is 53.1 Å². The molecule has 4 rings (SSSR count). The summed E-state index contributed by atoms with van der Waals surface area (Å²) in [6.45, 7) is 3.01. The Morgan fingerprint density at radius 2 is 2.20 bits per heavy atom. The van der Waals surface area contributed by atoms with Gasteiger partial charge in [0.2, 0.25) is 5.76 Å². The zero-order valence-electron chi connectivity index (χ0n) is 14.1. The molecular formula is C18H23N3O3S. The zero-order valence-corrected chi connectivity index (χ0v) is 15.0. The van der Waals surface area contributed by atoms with Crippen molar-refractivity contribution >= 4 is 17.7 Å². The molecule has 1 atom stereocenters. The molecular weight excluding hydrogens is 338 g/mol. The van der Waals surface area contributed by atoms with Gasteiger partial charge < -0.3 is 14.3 Å². The van der Waals surface area contributed by atoms with E-state index in [-0.39, 0.29) is 5.91 Å². The highest BCUT2D eigenvalue weighted by Crippen LogP contribution is 2.26. The van der Waals surface area contributed by atoms with E-state index in [9.17, 15) is 4.79 Å². The highest BCUT2D eigenvalue weighted by molar-refractivity contribution is 7.99. The maximum Gasteiger partial charge on any atom is 0.273 e. The first-order valence-electron chi connectivity index (χ1n) is 8.90. The van der Waals surface area contributed by atoms with Crippen molar-refractivity contribution < 1.29 is 13.7 Å². The van der Waals surface area contributed by atoms with Gasteiger partial charge in [-0.25, -0.2) is 0 Å². The van der Waals surface area contributed by atoms with Crippen molar-refractivity contribution in [2.24, 2.45) is 5.92 Å². The molecule has 1 amide bonds. The predicted molar refractivity (Wildman–Crippen MR) is 96.6 cm³/mol. The molecule has 2 aliphatic rings. The third-order valence-corrected chi connectivity index (χ3v) is 6.27. The van der Waals surface area contributed by atoms with Crippen LogP contribution in [0.5, 0.6) is 0 Å². The molecule has 2 aliphatic heterocycles. The van der Waals surface area contributed by atoms with Crippen molar-refractivity contribution in [2.45, 2.75) is 25.3 Å². The fourth-order valence-corrected chi connectivity index (χ4v) is 4.83. The summed E-state index contributed by atoms with van der Waals surface area (Å²) in [4.78, 5) is 14.9. The van der Waals surface area contributed by atoms with Crippen molar-refractivity contribution in [1.82, 2.24) is 15.4 Å². The van der Waals surface area contributed by atoms with Gasteiger partial charge in [-0.1, -0.05) is 5.16 Å². The Hall–Kier alpha value is -1.73. The molecule has 1 unspecified atom stereocenters. The second-order valence-electron chi connectivity index (χ2n) is 6.76. The van der Waals surface area contributed by atoms with E-state index in [1.165, 1.54) is 17.9 Å². The number of nitrogens with one attached hydrogen (secondary N) is 1. The third kappa shape index (κ3) is 3.93. The van der Waals surface area contributed by atoms with Gasteiger partial charge in [0.05, 0.1) is 6.26 Å². The third-order valence-electron chi connectivity index (χ3n) is 5.13. The van der Waals surface area contributed by atoms with Crippen molar-refractivity contribution in [3.8, 4) is 11.5 Å². The summed E-state index contributed by atoms with van der Waals surface area (Å²) in [7, 11) is 0. The monoisotopic (exact) mass is 361 g/mol. The quantitative estimate of drug-likeness (QED) is 0.883. The molecule has 134 valence electrons. The van der Waals surface area contributed by atoms with E-state index < -0.39 is 0 Å². The Bertz CT molecular complexity index is 686. The summed E-state index contributed by atoms with van der Waals surface area (Å²) in [5.74, 6) is 3.99. The van der Waals surface area contributed by atoms with Crippen molar-refractivity contribution in [2.75, 3.05) is 31.1 Å². The number of aromatic nitrogens is 1. The minimum absolute atomic E-state index is 0.184. The van der Waals surface area contributed by atoms with E-state index >= 15 is 0 Å². The molecule has 0 saturated carbocycles. The van der Waals surface area contributed by atoms with E-state index in [1.54, 1.807) is 24.5 Å². The van der Waals surface area contributed by atoms with E-state index in [0.29, 0.717) is 29.7 Å². The molecule has 6 nitrogen and oxygen atoms in total. The van der Waals surface area contributed by atoms with E-state index in [0.717, 1.165) is 32.0 Å². The minimum Gasteiger partial charge on any atom is -0.461 e. The molecule has 0 bridgehead atoms. The number of carbonyl (C=O) groups excluding carboxylic acids is 1. The van der Waals surface area contributed by atoms with Gasteiger partial charge in [0.15, 0.2) is 11.5 Å². The summed E-state index contributed by atoms with van der Waals surface area (Å²) >= 11 is 2.07.